The van der Waals surface area contributed by atoms with Crippen molar-refractivity contribution in [1.82, 2.24) is 0 Å². The topological polar surface area (TPSA) is 57.7 Å². The van der Waals surface area contributed by atoms with E-state index in [4.69, 9.17) is 13.3 Å². The Kier molecular flexibility index (Phi) is 13.9. The Balaban J connectivity index is 0. The van der Waals surface area contributed by atoms with Crippen molar-refractivity contribution in [3.05, 3.63) is 0 Å². The lowest BCUT2D eigenvalue weighted by molar-refractivity contribution is -0.928. The number of rotatable bonds is 13. The van der Waals surface area contributed by atoms with E-state index in [1.54, 1.807) is 21.3 Å². The first-order valence-electron chi connectivity index (χ1n) is 8.08. The predicted molar refractivity (Wildman–Crippen MR) is 88.7 cm³/mol. The molecule has 0 aromatic heterocycles. The molecule has 0 aliphatic heterocycles. The predicted octanol–water partition coefficient (Wildman–Crippen LogP) is 3.12. The lowest BCUT2D eigenvalue weighted by Crippen LogP contribution is -2.51. The molecule has 0 saturated heterocycles. The Hall–Kier alpha value is 0.0169. The van der Waals surface area contributed by atoms with E-state index in [0.717, 1.165) is 12.5 Å². The standard InChI is InChI=1S/C15H36NO3Si.H2O/c1-7-11-16(12-8-2,13-9-3)14-10-15-20(17-4,18-5)19-6;/h7-15H2,1-6H3;1H2/q+1;/p-1. The van der Waals surface area contributed by atoms with Gasteiger partial charge in [-0.3, -0.25) is 0 Å². The molecule has 0 aromatic carbocycles. The maximum absolute atomic E-state index is 5.52. The van der Waals surface area contributed by atoms with Gasteiger partial charge in [-0.25, -0.2) is 0 Å². The SMILES string of the molecule is CCC[N+](CCC)(CCC)CCC[Si](OC)(OC)OC.[OH-]. The minimum Gasteiger partial charge on any atom is -0.870 e. The van der Waals surface area contributed by atoms with E-state index in [2.05, 4.69) is 20.8 Å². The lowest BCUT2D eigenvalue weighted by atomic mass is 10.2. The van der Waals surface area contributed by atoms with Gasteiger partial charge in [0, 0.05) is 33.8 Å². The van der Waals surface area contributed by atoms with Gasteiger partial charge in [0.2, 0.25) is 0 Å². The van der Waals surface area contributed by atoms with E-state index in [0.29, 0.717) is 0 Å². The Morgan fingerprint density at radius 1 is 0.714 bits per heavy atom. The molecule has 6 heteroatoms. The molecule has 0 aliphatic rings. The molecule has 0 unspecified atom stereocenters. The number of hydrogen-bond acceptors (Lipinski definition) is 4. The molecular weight excluding hydrogens is 286 g/mol. The largest absolute Gasteiger partial charge is 0.870 e. The van der Waals surface area contributed by atoms with Crippen LogP contribution in [0.15, 0.2) is 0 Å². The molecule has 0 amide bonds. The van der Waals surface area contributed by atoms with Crippen LogP contribution in [0.3, 0.4) is 0 Å². The third kappa shape index (κ3) is 7.72. The first-order chi connectivity index (χ1) is 9.57. The average Bonchev–Trinajstić information content (AvgIpc) is 2.45. The van der Waals surface area contributed by atoms with Gasteiger partial charge >= 0.3 is 8.80 Å². The summed E-state index contributed by atoms with van der Waals surface area (Å²) >= 11 is 0. The van der Waals surface area contributed by atoms with Crippen LogP contribution in [-0.4, -0.2) is 66.3 Å². The zero-order valence-electron chi connectivity index (χ0n) is 15.0. The number of hydrogen-bond donors (Lipinski definition) is 0. The van der Waals surface area contributed by atoms with Gasteiger partial charge in [-0.2, -0.15) is 0 Å². The Morgan fingerprint density at radius 3 is 1.38 bits per heavy atom. The minimum atomic E-state index is -2.40. The molecule has 0 saturated carbocycles. The quantitative estimate of drug-likeness (QED) is 0.386. The van der Waals surface area contributed by atoms with Crippen LogP contribution in [0.2, 0.25) is 6.04 Å². The summed E-state index contributed by atoms with van der Waals surface area (Å²) in [4.78, 5) is 0. The van der Waals surface area contributed by atoms with Gasteiger partial charge in [-0.15, -0.1) is 0 Å². The lowest BCUT2D eigenvalue weighted by Gasteiger charge is -2.39. The summed E-state index contributed by atoms with van der Waals surface area (Å²) in [5, 5.41) is 0. The van der Waals surface area contributed by atoms with Crippen LogP contribution in [0.25, 0.3) is 0 Å². The second-order valence-electron chi connectivity index (χ2n) is 5.64. The Labute approximate surface area is 132 Å². The van der Waals surface area contributed by atoms with Crippen molar-refractivity contribution in [3.63, 3.8) is 0 Å². The second kappa shape index (κ2) is 12.5. The van der Waals surface area contributed by atoms with Gasteiger partial charge < -0.3 is 23.2 Å². The van der Waals surface area contributed by atoms with Gasteiger partial charge in [-0.1, -0.05) is 20.8 Å². The molecule has 0 radical (unpaired) electrons. The highest BCUT2D eigenvalue weighted by atomic mass is 28.4. The maximum atomic E-state index is 5.52. The highest BCUT2D eigenvalue weighted by Crippen LogP contribution is 2.19. The summed E-state index contributed by atoms with van der Waals surface area (Å²) < 4.78 is 17.8. The van der Waals surface area contributed by atoms with E-state index in [1.165, 1.54) is 49.9 Å². The zero-order valence-corrected chi connectivity index (χ0v) is 16.0. The van der Waals surface area contributed by atoms with Gasteiger partial charge in [0.25, 0.3) is 0 Å². The molecule has 0 atom stereocenters. The van der Waals surface area contributed by atoms with Crippen molar-refractivity contribution in [2.45, 2.75) is 52.5 Å². The van der Waals surface area contributed by atoms with Gasteiger partial charge in [0.15, 0.2) is 0 Å². The van der Waals surface area contributed by atoms with Crippen molar-refractivity contribution in [2.75, 3.05) is 47.5 Å². The van der Waals surface area contributed by atoms with Crippen LogP contribution in [-0.2, 0) is 13.3 Å². The smallest absolute Gasteiger partial charge is 0.500 e. The highest BCUT2D eigenvalue weighted by Gasteiger charge is 2.38. The molecule has 0 aliphatic carbocycles. The maximum Gasteiger partial charge on any atom is 0.500 e. The summed E-state index contributed by atoms with van der Waals surface area (Å²) in [5.41, 5.74) is 0. The van der Waals surface area contributed by atoms with E-state index >= 15 is 0 Å². The summed E-state index contributed by atoms with van der Waals surface area (Å²) in [6.45, 7) is 11.9. The van der Waals surface area contributed by atoms with Crippen LogP contribution >= 0.6 is 0 Å². The molecule has 0 aromatic rings. The van der Waals surface area contributed by atoms with E-state index < -0.39 is 8.80 Å². The molecule has 1 N–H and O–H groups in total. The van der Waals surface area contributed by atoms with Crippen LogP contribution in [0.5, 0.6) is 0 Å². The van der Waals surface area contributed by atoms with Gasteiger partial charge in [0.1, 0.15) is 0 Å². The van der Waals surface area contributed by atoms with E-state index in [1.807, 2.05) is 0 Å². The minimum absolute atomic E-state index is 0. The molecule has 0 rings (SSSR count). The summed E-state index contributed by atoms with van der Waals surface area (Å²) in [7, 11) is 2.70. The molecular formula is C15H37NO4Si. The Morgan fingerprint density at radius 2 is 1.10 bits per heavy atom. The molecule has 5 nitrogen and oxygen atoms in total. The molecule has 130 valence electrons. The van der Waals surface area contributed by atoms with Crippen molar-refractivity contribution in [3.8, 4) is 0 Å². The molecule has 0 spiro atoms. The average molecular weight is 324 g/mol. The van der Waals surface area contributed by atoms with Gasteiger partial charge in [-0.05, 0) is 19.3 Å². The first-order valence-corrected chi connectivity index (χ1v) is 10.0. The fourth-order valence-electron chi connectivity index (χ4n) is 3.28. The summed E-state index contributed by atoms with van der Waals surface area (Å²) in [6, 6.07) is 0.910. The third-order valence-electron chi connectivity index (χ3n) is 4.14. The first kappa shape index (κ1) is 23.3. The van der Waals surface area contributed by atoms with Gasteiger partial charge in [0.05, 0.1) is 26.2 Å². The fourth-order valence-corrected chi connectivity index (χ4v) is 4.98. The third-order valence-corrected chi connectivity index (χ3v) is 6.97. The zero-order chi connectivity index (χ0) is 15.5. The normalized spacial score (nSPS) is 12.3. The second-order valence-corrected chi connectivity index (χ2v) is 8.73. The van der Waals surface area contributed by atoms with E-state index in [-0.39, 0.29) is 5.48 Å². The fraction of sp³-hybridized carbons (Fsp3) is 1.00. The molecule has 0 bridgehead atoms. The van der Waals surface area contributed by atoms with Crippen molar-refractivity contribution in [2.24, 2.45) is 0 Å². The van der Waals surface area contributed by atoms with Crippen LogP contribution in [0.4, 0.5) is 0 Å². The van der Waals surface area contributed by atoms with Crippen LogP contribution in [0.1, 0.15) is 46.5 Å². The van der Waals surface area contributed by atoms with Crippen molar-refractivity contribution >= 4 is 8.80 Å². The summed E-state index contributed by atoms with van der Waals surface area (Å²) in [6.07, 6.45) is 4.87. The molecule has 0 fully saturated rings. The van der Waals surface area contributed by atoms with E-state index in [9.17, 15) is 0 Å². The molecule has 21 heavy (non-hydrogen) atoms. The van der Waals surface area contributed by atoms with Crippen LogP contribution < -0.4 is 0 Å². The molecule has 0 heterocycles. The van der Waals surface area contributed by atoms with Crippen LogP contribution in [0, 0.1) is 0 Å². The number of nitrogens with zero attached hydrogens (tertiary/aromatic N) is 1. The van der Waals surface area contributed by atoms with Crippen molar-refractivity contribution in [1.29, 1.82) is 0 Å². The monoisotopic (exact) mass is 323 g/mol. The number of quaternary nitrogens is 1. The Bertz CT molecular complexity index is 212. The van der Waals surface area contributed by atoms with Crippen molar-refractivity contribution < 1.29 is 23.2 Å². The highest BCUT2D eigenvalue weighted by molar-refractivity contribution is 6.60. The summed E-state index contributed by atoms with van der Waals surface area (Å²) in [5.74, 6) is 0.